The molecule has 3 rings (SSSR count). The summed E-state index contributed by atoms with van der Waals surface area (Å²) < 4.78 is 36.6. The lowest BCUT2D eigenvalue weighted by Gasteiger charge is -2.31. The van der Waals surface area contributed by atoms with Gasteiger partial charge in [0.05, 0.1) is 66.4 Å². The highest BCUT2D eigenvalue weighted by Gasteiger charge is 2.34. The summed E-state index contributed by atoms with van der Waals surface area (Å²) >= 11 is 1.47. The number of hydrogen-bond acceptors (Lipinski definition) is 14. The van der Waals surface area contributed by atoms with Gasteiger partial charge in [0.2, 0.25) is 6.29 Å². The normalized spacial score (nSPS) is 17.0. The SMILES string of the molecule is NCCOCCOCCNC(=O)c1cc(COC(=O)Nc2ccc(COC=O)cc2COC(=O)I)ccc1OC1CC(O)CC(C(=O)O)O1. The molecule has 6 N–H and O–H groups in total. The number of ether oxygens (including phenoxy) is 7. The van der Waals surface area contributed by atoms with Crippen LogP contribution in [0.3, 0.4) is 0 Å². The molecule has 2 aromatic rings. The van der Waals surface area contributed by atoms with Crippen molar-refractivity contribution in [3.05, 3.63) is 58.7 Å². The van der Waals surface area contributed by atoms with Gasteiger partial charge in [0.15, 0.2) is 6.10 Å². The van der Waals surface area contributed by atoms with Crippen LogP contribution in [-0.2, 0) is 57.8 Å². The fourth-order valence-corrected chi connectivity index (χ4v) is 4.61. The van der Waals surface area contributed by atoms with Crippen molar-refractivity contribution in [1.82, 2.24) is 5.32 Å². The number of carbonyl (C=O) groups is 5. The van der Waals surface area contributed by atoms with Crippen molar-refractivity contribution in [1.29, 1.82) is 0 Å². The third-order valence-corrected chi connectivity index (χ3v) is 7.00. The van der Waals surface area contributed by atoms with Crippen LogP contribution < -0.4 is 21.1 Å². The minimum absolute atomic E-state index is 0.0272. The quantitative estimate of drug-likeness (QED) is 0.0424. The van der Waals surface area contributed by atoms with E-state index < -0.39 is 40.4 Å². The maximum atomic E-state index is 13.2. The maximum absolute atomic E-state index is 13.2. The molecule has 1 aliphatic heterocycles. The molecule has 0 bridgehead atoms. The van der Waals surface area contributed by atoms with Crippen LogP contribution in [0.15, 0.2) is 36.4 Å². The summed E-state index contributed by atoms with van der Waals surface area (Å²) in [7, 11) is 0. The van der Waals surface area contributed by atoms with Gasteiger partial charge in [-0.3, -0.25) is 14.9 Å². The fraction of sp³-hybridized carbons (Fsp3) is 0.452. The number of hydrogen-bond donors (Lipinski definition) is 5. The molecule has 0 saturated carbocycles. The van der Waals surface area contributed by atoms with Crippen LogP contribution >= 0.6 is 22.6 Å². The number of nitrogens with one attached hydrogen (secondary N) is 2. The van der Waals surface area contributed by atoms with Crippen molar-refractivity contribution >= 4 is 56.7 Å². The van der Waals surface area contributed by atoms with Crippen molar-refractivity contribution in [3.63, 3.8) is 0 Å². The number of benzene rings is 2. The minimum atomic E-state index is -1.29. The van der Waals surface area contributed by atoms with Gasteiger partial charge in [0, 0.05) is 31.5 Å². The van der Waals surface area contributed by atoms with Crippen molar-refractivity contribution < 1.29 is 67.3 Å². The smallest absolute Gasteiger partial charge is 0.411 e. The number of carboxylic acid groups (broad SMARTS) is 1. The molecule has 0 aromatic heterocycles. The average Bonchev–Trinajstić information content (AvgIpc) is 3.07. The van der Waals surface area contributed by atoms with E-state index >= 15 is 0 Å². The Kier molecular flexibility index (Phi) is 17.0. The Labute approximate surface area is 294 Å². The molecule has 2 amide bonds. The average molecular weight is 804 g/mol. The van der Waals surface area contributed by atoms with E-state index in [0.717, 1.165) is 0 Å². The molecule has 0 spiro atoms. The lowest BCUT2D eigenvalue weighted by molar-refractivity contribution is -0.195. The maximum Gasteiger partial charge on any atom is 0.411 e. The summed E-state index contributed by atoms with van der Waals surface area (Å²) in [6, 6.07) is 9.13. The summed E-state index contributed by atoms with van der Waals surface area (Å²) in [4.78, 5) is 59.4. The van der Waals surface area contributed by atoms with Crippen LogP contribution in [0.2, 0.25) is 0 Å². The number of amides is 2. The van der Waals surface area contributed by atoms with E-state index in [0.29, 0.717) is 49.5 Å². The molecule has 268 valence electrons. The zero-order valence-electron chi connectivity index (χ0n) is 26.3. The molecule has 1 aliphatic rings. The fourth-order valence-electron chi connectivity index (χ4n) is 4.46. The van der Waals surface area contributed by atoms with Crippen molar-refractivity contribution in [2.75, 3.05) is 44.8 Å². The first-order chi connectivity index (χ1) is 23.6. The van der Waals surface area contributed by atoms with Crippen LogP contribution in [0, 0.1) is 0 Å². The molecule has 18 heteroatoms. The van der Waals surface area contributed by atoms with Gasteiger partial charge in [-0.25, -0.2) is 14.4 Å². The van der Waals surface area contributed by atoms with Gasteiger partial charge in [0.1, 0.15) is 25.6 Å². The molecule has 1 fully saturated rings. The zero-order chi connectivity index (χ0) is 35.6. The van der Waals surface area contributed by atoms with E-state index in [1.54, 1.807) is 12.1 Å². The molecular weight excluding hydrogens is 765 g/mol. The van der Waals surface area contributed by atoms with Gasteiger partial charge >= 0.3 is 16.0 Å². The van der Waals surface area contributed by atoms with Crippen LogP contribution in [0.25, 0.3) is 0 Å². The van der Waals surface area contributed by atoms with Gasteiger partial charge in [-0.1, -0.05) is 12.1 Å². The second-order valence-corrected chi connectivity index (χ2v) is 11.2. The predicted molar refractivity (Wildman–Crippen MR) is 177 cm³/mol. The van der Waals surface area contributed by atoms with Gasteiger partial charge in [-0.2, -0.15) is 0 Å². The van der Waals surface area contributed by atoms with Crippen LogP contribution in [0.5, 0.6) is 5.75 Å². The van der Waals surface area contributed by atoms with E-state index in [1.165, 1.54) is 46.9 Å². The Hall–Kier alpha value is -4.08. The summed E-state index contributed by atoms with van der Waals surface area (Å²) in [6.07, 6.45) is -4.44. The highest BCUT2D eigenvalue weighted by molar-refractivity contribution is 14.1. The Balaban J connectivity index is 1.70. The highest BCUT2D eigenvalue weighted by Crippen LogP contribution is 2.28. The Morgan fingerprint density at radius 1 is 0.959 bits per heavy atom. The van der Waals surface area contributed by atoms with E-state index in [4.69, 9.17) is 38.9 Å². The first kappa shape index (κ1) is 39.4. The number of nitrogens with two attached hydrogens (primary N) is 1. The lowest BCUT2D eigenvalue weighted by atomic mass is 10.0. The number of rotatable bonds is 20. The molecule has 49 heavy (non-hydrogen) atoms. The monoisotopic (exact) mass is 803 g/mol. The van der Waals surface area contributed by atoms with Gasteiger partial charge in [0.25, 0.3) is 12.4 Å². The first-order valence-electron chi connectivity index (χ1n) is 15.0. The van der Waals surface area contributed by atoms with Crippen molar-refractivity contribution in [2.45, 2.75) is 51.2 Å². The number of anilines is 1. The van der Waals surface area contributed by atoms with Crippen LogP contribution in [0.4, 0.5) is 15.3 Å². The van der Waals surface area contributed by atoms with Crippen molar-refractivity contribution in [3.8, 4) is 5.75 Å². The minimum Gasteiger partial charge on any atom is -0.479 e. The Morgan fingerprint density at radius 3 is 2.41 bits per heavy atom. The van der Waals surface area contributed by atoms with E-state index in [-0.39, 0.29) is 62.8 Å². The first-order valence-corrected chi connectivity index (χ1v) is 16.1. The van der Waals surface area contributed by atoms with Gasteiger partial charge in [-0.05, 0) is 35.4 Å². The topological polar surface area (TPSA) is 240 Å². The number of aliphatic carboxylic acids is 1. The Bertz CT molecular complexity index is 1430. The standard InChI is InChI=1S/C31H38IN3O14/c32-30(41)46-17-21-11-19(15-45-18-36)1-3-24(21)35-31(42)47-16-20-2-4-25(48-27-14-22(37)13-26(49-27)29(39)40)23(12-20)28(38)34-6-8-44-10-9-43-7-5-33/h1-4,11-12,18,22,26-27,37H,5-10,13-17,33H2,(H,34,38)(H,35,42)(H,39,40). The zero-order valence-corrected chi connectivity index (χ0v) is 28.5. The number of aliphatic hydroxyl groups excluding tert-OH is 1. The summed E-state index contributed by atoms with van der Waals surface area (Å²) in [5, 5.41) is 24.8. The molecule has 1 saturated heterocycles. The van der Waals surface area contributed by atoms with Crippen LogP contribution in [0.1, 0.15) is 39.9 Å². The lowest BCUT2D eigenvalue weighted by Crippen LogP contribution is -2.42. The second kappa shape index (κ2) is 21.1. The number of carboxylic acids is 1. The number of carbonyl (C=O) groups excluding carboxylic acids is 4. The second-order valence-electron chi connectivity index (χ2n) is 10.4. The molecular formula is C31H38IN3O14. The molecule has 3 atom stereocenters. The summed E-state index contributed by atoms with van der Waals surface area (Å²) in [6.45, 7) is 1.57. The van der Waals surface area contributed by atoms with Crippen LogP contribution in [-0.4, -0.2) is 96.6 Å². The van der Waals surface area contributed by atoms with Gasteiger partial charge < -0.3 is 54.4 Å². The summed E-state index contributed by atoms with van der Waals surface area (Å²) in [5.41, 5.74) is 7.09. The van der Waals surface area contributed by atoms with Crippen molar-refractivity contribution in [2.24, 2.45) is 5.73 Å². The number of aliphatic hydroxyl groups is 1. The molecule has 3 unspecified atom stereocenters. The highest BCUT2D eigenvalue weighted by atomic mass is 127. The van der Waals surface area contributed by atoms with E-state index in [9.17, 15) is 34.2 Å². The predicted octanol–water partition coefficient (Wildman–Crippen LogP) is 2.23. The third-order valence-electron chi connectivity index (χ3n) is 6.69. The van der Waals surface area contributed by atoms with Gasteiger partial charge in [-0.15, -0.1) is 0 Å². The van der Waals surface area contributed by atoms with E-state index in [1.807, 2.05) is 0 Å². The molecule has 0 radical (unpaired) electrons. The molecule has 17 nitrogen and oxygen atoms in total. The number of halogens is 1. The Morgan fingerprint density at radius 2 is 1.69 bits per heavy atom. The largest absolute Gasteiger partial charge is 0.479 e. The third kappa shape index (κ3) is 14.1. The molecule has 1 heterocycles. The summed E-state index contributed by atoms with van der Waals surface area (Å²) in [5.74, 6) is -1.79. The molecule has 0 aliphatic carbocycles. The molecule has 2 aromatic carbocycles. The van der Waals surface area contributed by atoms with E-state index in [2.05, 4.69) is 10.6 Å².